The number of amides is 2. The van der Waals surface area contributed by atoms with Crippen molar-refractivity contribution in [1.82, 2.24) is 15.5 Å². The van der Waals surface area contributed by atoms with E-state index in [-0.39, 0.29) is 29.6 Å². The van der Waals surface area contributed by atoms with Crippen LogP contribution in [-0.4, -0.2) is 53.9 Å². The lowest BCUT2D eigenvalue weighted by atomic mass is 10.0. The van der Waals surface area contributed by atoms with E-state index in [0.29, 0.717) is 13.0 Å². The molecule has 7 heteroatoms. The molecule has 0 radical (unpaired) electrons. The van der Waals surface area contributed by atoms with Gasteiger partial charge in [-0.3, -0.25) is 0 Å². The summed E-state index contributed by atoms with van der Waals surface area (Å²) in [5, 5.41) is 29.0. The van der Waals surface area contributed by atoms with Crippen LogP contribution < -0.4 is 10.6 Å². The molecule has 0 saturated carbocycles. The van der Waals surface area contributed by atoms with Crippen molar-refractivity contribution in [1.29, 1.82) is 0 Å². The van der Waals surface area contributed by atoms with Gasteiger partial charge >= 0.3 is 6.03 Å². The van der Waals surface area contributed by atoms with Crippen molar-refractivity contribution in [2.24, 2.45) is 0 Å². The van der Waals surface area contributed by atoms with Crippen LogP contribution in [0.4, 0.5) is 4.79 Å². The average Bonchev–Trinajstić information content (AvgIpc) is 3.07. The highest BCUT2D eigenvalue weighted by Crippen LogP contribution is 2.25. The quantitative estimate of drug-likeness (QED) is 0.533. The molecule has 1 heterocycles. The highest BCUT2D eigenvalue weighted by molar-refractivity contribution is 7.07. The molecule has 0 spiro atoms. The first-order valence-corrected chi connectivity index (χ1v) is 9.52. The van der Waals surface area contributed by atoms with Crippen molar-refractivity contribution in [2.75, 3.05) is 20.6 Å². The maximum atomic E-state index is 12.1. The highest BCUT2D eigenvalue weighted by Gasteiger charge is 2.15. The molecular formula is C19H27N3O3S. The zero-order valence-electron chi connectivity index (χ0n) is 15.4. The van der Waals surface area contributed by atoms with E-state index in [2.05, 4.69) is 22.1 Å². The highest BCUT2D eigenvalue weighted by atomic mass is 32.1. The molecule has 142 valence electrons. The number of urea groups is 1. The molecule has 1 aromatic heterocycles. The number of carbonyl (C=O) groups is 1. The van der Waals surface area contributed by atoms with Crippen molar-refractivity contribution in [3.8, 4) is 11.5 Å². The van der Waals surface area contributed by atoms with Gasteiger partial charge in [0.25, 0.3) is 0 Å². The second kappa shape index (κ2) is 9.45. The van der Waals surface area contributed by atoms with Crippen LogP contribution in [0.2, 0.25) is 0 Å². The van der Waals surface area contributed by atoms with Crippen molar-refractivity contribution in [2.45, 2.75) is 31.8 Å². The van der Waals surface area contributed by atoms with Crippen molar-refractivity contribution in [3.63, 3.8) is 0 Å². The third kappa shape index (κ3) is 6.24. The van der Waals surface area contributed by atoms with Gasteiger partial charge in [-0.1, -0.05) is 6.07 Å². The molecule has 1 aromatic carbocycles. The molecule has 0 saturated heterocycles. The fourth-order valence-electron chi connectivity index (χ4n) is 2.70. The number of hydrogen-bond donors (Lipinski definition) is 4. The summed E-state index contributed by atoms with van der Waals surface area (Å²) in [5.41, 5.74) is 2.12. The summed E-state index contributed by atoms with van der Waals surface area (Å²) < 4.78 is 0. The molecule has 0 bridgehead atoms. The Hall–Kier alpha value is -2.25. The van der Waals surface area contributed by atoms with Crippen LogP contribution in [0.1, 0.15) is 18.1 Å². The van der Waals surface area contributed by atoms with Gasteiger partial charge in [0.15, 0.2) is 11.5 Å². The number of rotatable bonds is 8. The summed E-state index contributed by atoms with van der Waals surface area (Å²) in [6, 6.07) is 6.80. The van der Waals surface area contributed by atoms with Gasteiger partial charge in [-0.2, -0.15) is 11.3 Å². The Labute approximate surface area is 158 Å². The molecule has 4 N–H and O–H groups in total. The minimum atomic E-state index is -0.187. The SMILES string of the molecule is C[C@@H](Cc1ccsc1)NC(=O)NCC(Cc1ccc(O)c(O)c1)N(C)C. The first kappa shape index (κ1) is 20.1. The molecular weight excluding hydrogens is 350 g/mol. The first-order chi connectivity index (χ1) is 12.3. The zero-order chi connectivity index (χ0) is 19.1. The van der Waals surface area contributed by atoms with Crippen LogP contribution in [0, 0.1) is 0 Å². The van der Waals surface area contributed by atoms with Gasteiger partial charge in [0.2, 0.25) is 0 Å². The van der Waals surface area contributed by atoms with Gasteiger partial charge in [-0.15, -0.1) is 0 Å². The van der Waals surface area contributed by atoms with Crippen LogP contribution in [0.3, 0.4) is 0 Å². The third-order valence-electron chi connectivity index (χ3n) is 4.24. The lowest BCUT2D eigenvalue weighted by Crippen LogP contribution is -2.47. The fraction of sp³-hybridized carbons (Fsp3) is 0.421. The molecule has 2 rings (SSSR count). The number of hydrogen-bond acceptors (Lipinski definition) is 5. The molecule has 0 fully saturated rings. The summed E-state index contributed by atoms with van der Waals surface area (Å²) in [5.74, 6) is -0.264. The molecule has 0 aliphatic carbocycles. The molecule has 26 heavy (non-hydrogen) atoms. The zero-order valence-corrected chi connectivity index (χ0v) is 16.2. The first-order valence-electron chi connectivity index (χ1n) is 8.58. The lowest BCUT2D eigenvalue weighted by Gasteiger charge is -2.25. The predicted octanol–water partition coefficient (Wildman–Crippen LogP) is 2.56. The molecule has 0 aliphatic heterocycles. The predicted molar refractivity (Wildman–Crippen MR) is 105 cm³/mol. The van der Waals surface area contributed by atoms with E-state index in [1.54, 1.807) is 23.5 Å². The number of nitrogens with one attached hydrogen (secondary N) is 2. The summed E-state index contributed by atoms with van der Waals surface area (Å²) in [6.45, 7) is 2.46. The van der Waals surface area contributed by atoms with Crippen LogP contribution in [-0.2, 0) is 12.8 Å². The van der Waals surface area contributed by atoms with E-state index in [1.807, 2.05) is 31.3 Å². The minimum Gasteiger partial charge on any atom is -0.504 e. The summed E-state index contributed by atoms with van der Waals surface area (Å²) in [7, 11) is 3.90. The Morgan fingerprint density at radius 2 is 1.92 bits per heavy atom. The topological polar surface area (TPSA) is 84.8 Å². The minimum absolute atomic E-state index is 0.0523. The summed E-state index contributed by atoms with van der Waals surface area (Å²) >= 11 is 1.65. The molecule has 2 atom stereocenters. The standard InChI is InChI=1S/C19H27N3O3S/c1-13(8-15-6-7-26-12-15)21-19(25)20-11-16(22(2)3)9-14-4-5-17(23)18(24)10-14/h4-7,10,12-13,16,23-24H,8-9,11H2,1-3H3,(H2,20,21,25)/t13-,16?/m0/s1. The lowest BCUT2D eigenvalue weighted by molar-refractivity contribution is 0.229. The van der Waals surface area contributed by atoms with E-state index in [4.69, 9.17) is 0 Å². The smallest absolute Gasteiger partial charge is 0.315 e. The second-order valence-corrected chi connectivity index (χ2v) is 7.52. The van der Waals surface area contributed by atoms with Crippen molar-refractivity contribution < 1.29 is 15.0 Å². The summed E-state index contributed by atoms with van der Waals surface area (Å²) in [4.78, 5) is 14.2. The van der Waals surface area contributed by atoms with Gasteiger partial charge in [-0.25, -0.2) is 4.79 Å². The number of aromatic hydroxyl groups is 2. The third-order valence-corrected chi connectivity index (χ3v) is 4.97. The number of likely N-dealkylation sites (N-methyl/N-ethyl adjacent to an activating group) is 1. The molecule has 2 amide bonds. The van der Waals surface area contributed by atoms with Crippen LogP contribution in [0.5, 0.6) is 11.5 Å². The van der Waals surface area contributed by atoms with Gasteiger partial charge in [0.1, 0.15) is 0 Å². The van der Waals surface area contributed by atoms with Crippen molar-refractivity contribution in [3.05, 3.63) is 46.2 Å². The summed E-state index contributed by atoms with van der Waals surface area (Å²) in [6.07, 6.45) is 1.45. The normalized spacial score (nSPS) is 13.4. The average molecular weight is 378 g/mol. The Morgan fingerprint density at radius 1 is 1.15 bits per heavy atom. The Kier molecular flexibility index (Phi) is 7.29. The monoisotopic (exact) mass is 377 g/mol. The molecule has 1 unspecified atom stereocenters. The number of thiophene rings is 1. The van der Waals surface area contributed by atoms with Crippen LogP contribution >= 0.6 is 11.3 Å². The van der Waals surface area contributed by atoms with Gasteiger partial charge < -0.3 is 25.7 Å². The molecule has 6 nitrogen and oxygen atoms in total. The van der Waals surface area contributed by atoms with E-state index in [0.717, 1.165) is 12.0 Å². The number of phenols is 2. The number of benzene rings is 1. The Bertz CT molecular complexity index is 704. The van der Waals surface area contributed by atoms with Gasteiger partial charge in [-0.05, 0) is 73.9 Å². The van der Waals surface area contributed by atoms with E-state index >= 15 is 0 Å². The number of nitrogens with zero attached hydrogens (tertiary/aromatic N) is 1. The maximum Gasteiger partial charge on any atom is 0.315 e. The number of phenolic OH excluding ortho intramolecular Hbond substituents is 2. The van der Waals surface area contributed by atoms with E-state index in [9.17, 15) is 15.0 Å². The van der Waals surface area contributed by atoms with E-state index in [1.165, 1.54) is 11.6 Å². The van der Waals surface area contributed by atoms with Gasteiger partial charge in [0, 0.05) is 18.6 Å². The maximum absolute atomic E-state index is 12.1. The van der Waals surface area contributed by atoms with Gasteiger partial charge in [0.05, 0.1) is 0 Å². The van der Waals surface area contributed by atoms with Crippen LogP contribution in [0.15, 0.2) is 35.0 Å². The molecule has 0 aliphatic rings. The van der Waals surface area contributed by atoms with Crippen molar-refractivity contribution >= 4 is 17.4 Å². The Balaban J connectivity index is 1.83. The number of carbonyl (C=O) groups excluding carboxylic acids is 1. The van der Waals surface area contributed by atoms with E-state index < -0.39 is 0 Å². The largest absolute Gasteiger partial charge is 0.504 e. The Morgan fingerprint density at radius 3 is 2.54 bits per heavy atom. The second-order valence-electron chi connectivity index (χ2n) is 6.74. The van der Waals surface area contributed by atoms with Crippen LogP contribution in [0.25, 0.3) is 0 Å². The molecule has 2 aromatic rings. The fourth-order valence-corrected chi connectivity index (χ4v) is 3.39.